The Kier molecular flexibility index (Phi) is 2.69. The Hall–Kier alpha value is -0.520. The molecule has 0 amide bonds. The number of morpholine rings is 1. The highest BCUT2D eigenvalue weighted by atomic mass is 32.1. The first-order valence-corrected chi connectivity index (χ1v) is 6.72. The lowest BCUT2D eigenvalue weighted by atomic mass is 9.75. The summed E-state index contributed by atoms with van der Waals surface area (Å²) in [5.41, 5.74) is 0.331. The predicted octanol–water partition coefficient (Wildman–Crippen LogP) is 1.60. The lowest BCUT2D eigenvalue weighted by Gasteiger charge is -2.52. The predicted molar refractivity (Wildman–Crippen MR) is 62.5 cm³/mol. The van der Waals surface area contributed by atoms with Crippen molar-refractivity contribution >= 4 is 11.3 Å². The van der Waals surface area contributed by atoms with Crippen molar-refractivity contribution in [3.63, 3.8) is 0 Å². The molecule has 3 rings (SSSR count). The van der Waals surface area contributed by atoms with E-state index in [1.54, 1.807) is 11.3 Å². The Morgan fingerprint density at radius 3 is 2.94 bits per heavy atom. The summed E-state index contributed by atoms with van der Waals surface area (Å²) in [7, 11) is 0. The van der Waals surface area contributed by atoms with Crippen LogP contribution in [0.4, 0.5) is 0 Å². The molecule has 1 spiro atoms. The van der Waals surface area contributed by atoms with Crippen LogP contribution in [-0.4, -0.2) is 40.4 Å². The van der Waals surface area contributed by atoms with Gasteiger partial charge in [-0.05, 0) is 26.2 Å². The van der Waals surface area contributed by atoms with Gasteiger partial charge in [0.1, 0.15) is 10.0 Å². The monoisotopic (exact) mass is 239 g/mol. The van der Waals surface area contributed by atoms with E-state index in [9.17, 15) is 0 Å². The van der Waals surface area contributed by atoms with Gasteiger partial charge in [-0.25, -0.2) is 0 Å². The first-order valence-electron chi connectivity index (χ1n) is 5.90. The van der Waals surface area contributed by atoms with Crippen molar-refractivity contribution in [3.05, 3.63) is 10.0 Å². The van der Waals surface area contributed by atoms with Gasteiger partial charge in [-0.2, -0.15) is 0 Å². The topological polar surface area (TPSA) is 38.2 Å². The molecule has 88 valence electrons. The molecule has 2 fully saturated rings. The van der Waals surface area contributed by atoms with Gasteiger partial charge in [0.2, 0.25) is 0 Å². The fraction of sp³-hybridized carbons (Fsp3) is 0.818. The number of ether oxygens (including phenoxy) is 1. The van der Waals surface area contributed by atoms with Crippen LogP contribution in [0.25, 0.3) is 0 Å². The normalized spacial score (nSPS) is 24.6. The van der Waals surface area contributed by atoms with Crippen LogP contribution >= 0.6 is 11.3 Å². The largest absolute Gasteiger partial charge is 0.378 e. The van der Waals surface area contributed by atoms with Crippen LogP contribution in [0.1, 0.15) is 29.3 Å². The van der Waals surface area contributed by atoms with Crippen molar-refractivity contribution in [1.82, 2.24) is 15.1 Å². The van der Waals surface area contributed by atoms with Gasteiger partial charge in [0.25, 0.3) is 0 Å². The Morgan fingerprint density at radius 1 is 1.44 bits per heavy atom. The molecule has 5 heteroatoms. The Morgan fingerprint density at radius 2 is 2.31 bits per heavy atom. The summed E-state index contributed by atoms with van der Waals surface area (Å²) < 4.78 is 5.63. The first kappa shape index (κ1) is 10.6. The molecule has 1 aliphatic heterocycles. The minimum Gasteiger partial charge on any atom is -0.378 e. The molecule has 0 unspecified atom stereocenters. The second kappa shape index (κ2) is 4.05. The second-order valence-corrected chi connectivity index (χ2v) is 6.03. The molecule has 1 aliphatic carbocycles. The summed E-state index contributed by atoms with van der Waals surface area (Å²) in [4.78, 5) is 2.56. The molecule has 1 saturated carbocycles. The highest BCUT2D eigenvalue weighted by Gasteiger charge is 2.44. The maximum Gasteiger partial charge on any atom is 0.131 e. The van der Waals surface area contributed by atoms with Gasteiger partial charge in [0.05, 0.1) is 19.8 Å². The fourth-order valence-electron chi connectivity index (χ4n) is 2.62. The van der Waals surface area contributed by atoms with E-state index in [1.807, 2.05) is 6.92 Å². The van der Waals surface area contributed by atoms with Gasteiger partial charge >= 0.3 is 0 Å². The molecular formula is C11H17N3OS. The van der Waals surface area contributed by atoms with Gasteiger partial charge in [-0.15, -0.1) is 21.5 Å². The van der Waals surface area contributed by atoms with Crippen molar-refractivity contribution in [1.29, 1.82) is 0 Å². The van der Waals surface area contributed by atoms with Crippen LogP contribution in [0.15, 0.2) is 0 Å². The molecule has 2 heterocycles. The van der Waals surface area contributed by atoms with Crippen molar-refractivity contribution in [2.24, 2.45) is 0 Å². The number of aryl methyl sites for hydroxylation is 1. The van der Waals surface area contributed by atoms with Gasteiger partial charge in [-0.3, -0.25) is 4.90 Å². The number of aromatic nitrogens is 2. The van der Waals surface area contributed by atoms with E-state index in [0.717, 1.165) is 36.3 Å². The molecule has 0 aromatic carbocycles. The van der Waals surface area contributed by atoms with Crippen molar-refractivity contribution < 1.29 is 4.74 Å². The van der Waals surface area contributed by atoms with E-state index in [4.69, 9.17) is 4.74 Å². The maximum absolute atomic E-state index is 5.63. The SMILES string of the molecule is Cc1nnc(CN2CCOCC23CCC3)s1. The van der Waals surface area contributed by atoms with Crippen LogP contribution in [0.2, 0.25) is 0 Å². The van der Waals surface area contributed by atoms with Gasteiger partial charge in [0.15, 0.2) is 0 Å². The average molecular weight is 239 g/mol. The van der Waals surface area contributed by atoms with E-state index in [-0.39, 0.29) is 0 Å². The number of rotatable bonds is 2. The third-order valence-electron chi connectivity index (χ3n) is 3.73. The summed E-state index contributed by atoms with van der Waals surface area (Å²) >= 11 is 1.71. The van der Waals surface area contributed by atoms with Gasteiger partial charge in [-0.1, -0.05) is 0 Å². The molecule has 1 aromatic heterocycles. The fourth-order valence-corrected chi connectivity index (χ4v) is 3.35. The zero-order chi connectivity index (χ0) is 11.0. The summed E-state index contributed by atoms with van der Waals surface area (Å²) in [6, 6.07) is 0. The van der Waals surface area contributed by atoms with Crippen molar-refractivity contribution in [2.45, 2.75) is 38.3 Å². The van der Waals surface area contributed by atoms with Crippen molar-refractivity contribution in [2.75, 3.05) is 19.8 Å². The highest BCUT2D eigenvalue weighted by molar-refractivity contribution is 7.11. The molecule has 1 aromatic rings. The summed E-state index contributed by atoms with van der Waals surface area (Å²) in [6.45, 7) is 5.78. The van der Waals surface area contributed by atoms with E-state index in [2.05, 4.69) is 15.1 Å². The quantitative estimate of drug-likeness (QED) is 0.786. The maximum atomic E-state index is 5.63. The summed E-state index contributed by atoms with van der Waals surface area (Å²) in [5, 5.41) is 10.5. The minimum absolute atomic E-state index is 0.331. The lowest BCUT2D eigenvalue weighted by molar-refractivity contribution is -0.111. The van der Waals surface area contributed by atoms with Gasteiger partial charge in [0, 0.05) is 12.1 Å². The van der Waals surface area contributed by atoms with Crippen LogP contribution < -0.4 is 0 Å². The third kappa shape index (κ3) is 1.77. The zero-order valence-corrected chi connectivity index (χ0v) is 10.4. The number of nitrogens with zero attached hydrogens (tertiary/aromatic N) is 3. The summed E-state index contributed by atoms with van der Waals surface area (Å²) in [6.07, 6.45) is 3.91. The van der Waals surface area contributed by atoms with Gasteiger partial charge < -0.3 is 4.74 Å². The molecule has 0 atom stereocenters. The number of hydrogen-bond acceptors (Lipinski definition) is 5. The summed E-state index contributed by atoms with van der Waals surface area (Å²) in [5.74, 6) is 0. The zero-order valence-electron chi connectivity index (χ0n) is 9.61. The third-order valence-corrected chi connectivity index (χ3v) is 4.55. The number of hydrogen-bond donors (Lipinski definition) is 0. The standard InChI is InChI=1S/C11H17N3OS/c1-9-12-13-10(16-9)7-14-5-6-15-8-11(14)3-2-4-11/h2-8H2,1H3. The molecule has 2 aliphatic rings. The average Bonchev–Trinajstić information content (AvgIpc) is 2.63. The molecule has 0 bridgehead atoms. The van der Waals surface area contributed by atoms with E-state index in [1.165, 1.54) is 19.3 Å². The Labute approximate surface area is 99.6 Å². The molecule has 16 heavy (non-hydrogen) atoms. The van der Waals surface area contributed by atoms with E-state index < -0.39 is 0 Å². The first-order chi connectivity index (χ1) is 7.78. The Balaban J connectivity index is 1.72. The van der Waals surface area contributed by atoms with Crippen LogP contribution in [0.3, 0.4) is 0 Å². The molecule has 4 nitrogen and oxygen atoms in total. The lowest BCUT2D eigenvalue weighted by Crippen LogP contribution is -2.60. The molecular weight excluding hydrogens is 222 g/mol. The highest BCUT2D eigenvalue weighted by Crippen LogP contribution is 2.40. The minimum atomic E-state index is 0.331. The van der Waals surface area contributed by atoms with E-state index >= 15 is 0 Å². The van der Waals surface area contributed by atoms with Crippen LogP contribution in [0.5, 0.6) is 0 Å². The molecule has 0 radical (unpaired) electrons. The molecule has 0 N–H and O–H groups in total. The van der Waals surface area contributed by atoms with E-state index in [0.29, 0.717) is 5.54 Å². The smallest absolute Gasteiger partial charge is 0.131 e. The van der Waals surface area contributed by atoms with Crippen molar-refractivity contribution in [3.8, 4) is 0 Å². The second-order valence-electron chi connectivity index (χ2n) is 4.77. The Bertz CT molecular complexity index is 375. The van der Waals surface area contributed by atoms with Crippen LogP contribution in [0, 0.1) is 6.92 Å². The molecule has 1 saturated heterocycles. The van der Waals surface area contributed by atoms with Crippen LogP contribution in [-0.2, 0) is 11.3 Å².